The largest absolute Gasteiger partial charge is 0.494 e. The molecule has 0 unspecified atom stereocenters. The van der Waals surface area contributed by atoms with Crippen LogP contribution in [-0.2, 0) is 0 Å². The van der Waals surface area contributed by atoms with Gasteiger partial charge in [-0.1, -0.05) is 25.1 Å². The Kier molecular flexibility index (Phi) is 4.13. The average Bonchev–Trinajstić information content (AvgIpc) is 2.45. The normalized spacial score (nSPS) is 10.2. The van der Waals surface area contributed by atoms with Crippen LogP contribution in [0.3, 0.4) is 0 Å². The summed E-state index contributed by atoms with van der Waals surface area (Å²) < 4.78 is 5.49. The second-order valence-corrected chi connectivity index (χ2v) is 4.08. The standard InChI is InChI=1S/C15H15NO3/c1-2-10-19-12-7-5-11(6-8-12)13-4-3-9-16-14(13)15(17)18/h3-9H,2,10H2,1H3,(H,17,18). The van der Waals surface area contributed by atoms with Crippen molar-refractivity contribution < 1.29 is 14.6 Å². The van der Waals surface area contributed by atoms with Gasteiger partial charge in [0.25, 0.3) is 0 Å². The Morgan fingerprint density at radius 3 is 2.63 bits per heavy atom. The van der Waals surface area contributed by atoms with Crippen LogP contribution in [0.15, 0.2) is 42.6 Å². The zero-order chi connectivity index (χ0) is 13.7. The van der Waals surface area contributed by atoms with Gasteiger partial charge in [-0.05, 0) is 30.2 Å². The molecule has 2 rings (SSSR count). The van der Waals surface area contributed by atoms with Crippen LogP contribution in [0.1, 0.15) is 23.8 Å². The lowest BCUT2D eigenvalue weighted by Gasteiger charge is -2.07. The van der Waals surface area contributed by atoms with Gasteiger partial charge >= 0.3 is 5.97 Å². The number of nitrogens with zero attached hydrogens (tertiary/aromatic N) is 1. The molecule has 1 aromatic carbocycles. The van der Waals surface area contributed by atoms with Crippen LogP contribution in [0.5, 0.6) is 5.75 Å². The van der Waals surface area contributed by atoms with Gasteiger partial charge in [0.1, 0.15) is 5.75 Å². The molecule has 2 aromatic rings. The van der Waals surface area contributed by atoms with Crippen molar-refractivity contribution in [3.63, 3.8) is 0 Å². The third-order valence-corrected chi connectivity index (χ3v) is 2.65. The van der Waals surface area contributed by atoms with Gasteiger partial charge in [-0.2, -0.15) is 0 Å². The van der Waals surface area contributed by atoms with Crippen molar-refractivity contribution in [1.29, 1.82) is 0 Å². The van der Waals surface area contributed by atoms with E-state index in [4.69, 9.17) is 9.84 Å². The van der Waals surface area contributed by atoms with Crippen molar-refractivity contribution in [2.75, 3.05) is 6.61 Å². The highest BCUT2D eigenvalue weighted by Gasteiger charge is 2.12. The lowest BCUT2D eigenvalue weighted by Crippen LogP contribution is -2.02. The first-order valence-corrected chi connectivity index (χ1v) is 6.14. The summed E-state index contributed by atoms with van der Waals surface area (Å²) in [5, 5.41) is 9.11. The quantitative estimate of drug-likeness (QED) is 0.893. The van der Waals surface area contributed by atoms with Gasteiger partial charge in [-0.25, -0.2) is 9.78 Å². The molecule has 0 spiro atoms. The summed E-state index contributed by atoms with van der Waals surface area (Å²) in [5.74, 6) is -0.242. The van der Waals surface area contributed by atoms with E-state index in [1.54, 1.807) is 12.1 Å². The summed E-state index contributed by atoms with van der Waals surface area (Å²) in [7, 11) is 0. The maximum absolute atomic E-state index is 11.1. The maximum atomic E-state index is 11.1. The Labute approximate surface area is 111 Å². The van der Waals surface area contributed by atoms with E-state index in [0.717, 1.165) is 17.7 Å². The summed E-state index contributed by atoms with van der Waals surface area (Å²) in [4.78, 5) is 15.0. The number of ether oxygens (including phenoxy) is 1. The van der Waals surface area contributed by atoms with Crippen LogP contribution in [-0.4, -0.2) is 22.7 Å². The molecule has 0 aliphatic carbocycles. The Balaban J connectivity index is 2.30. The molecule has 0 amide bonds. The van der Waals surface area contributed by atoms with Crippen molar-refractivity contribution in [2.24, 2.45) is 0 Å². The van der Waals surface area contributed by atoms with Crippen molar-refractivity contribution in [2.45, 2.75) is 13.3 Å². The number of pyridine rings is 1. The molecule has 98 valence electrons. The van der Waals surface area contributed by atoms with E-state index in [0.29, 0.717) is 12.2 Å². The minimum atomic E-state index is -1.03. The molecule has 0 saturated carbocycles. The zero-order valence-corrected chi connectivity index (χ0v) is 10.7. The van der Waals surface area contributed by atoms with Gasteiger partial charge in [-0.15, -0.1) is 0 Å². The smallest absolute Gasteiger partial charge is 0.355 e. The van der Waals surface area contributed by atoms with Gasteiger partial charge < -0.3 is 9.84 Å². The number of aromatic nitrogens is 1. The fourth-order valence-electron chi connectivity index (χ4n) is 1.76. The molecular formula is C15H15NO3. The lowest BCUT2D eigenvalue weighted by atomic mass is 10.0. The highest BCUT2D eigenvalue weighted by atomic mass is 16.5. The fourth-order valence-corrected chi connectivity index (χ4v) is 1.76. The second kappa shape index (κ2) is 6.00. The molecule has 1 aromatic heterocycles. The predicted molar refractivity (Wildman–Crippen MR) is 72.4 cm³/mol. The lowest BCUT2D eigenvalue weighted by molar-refractivity contribution is 0.0691. The van der Waals surface area contributed by atoms with Crippen LogP contribution in [0, 0.1) is 0 Å². The summed E-state index contributed by atoms with van der Waals surface area (Å²) in [5.41, 5.74) is 1.48. The van der Waals surface area contributed by atoms with E-state index in [1.807, 2.05) is 31.2 Å². The number of benzene rings is 1. The average molecular weight is 257 g/mol. The van der Waals surface area contributed by atoms with Gasteiger partial charge in [0, 0.05) is 11.8 Å². The summed E-state index contributed by atoms with van der Waals surface area (Å²) in [6.07, 6.45) is 2.43. The Hall–Kier alpha value is -2.36. The van der Waals surface area contributed by atoms with Crippen molar-refractivity contribution in [3.8, 4) is 16.9 Å². The van der Waals surface area contributed by atoms with Crippen LogP contribution in [0.25, 0.3) is 11.1 Å². The second-order valence-electron chi connectivity index (χ2n) is 4.08. The monoisotopic (exact) mass is 257 g/mol. The van der Waals surface area contributed by atoms with Gasteiger partial charge in [0.2, 0.25) is 0 Å². The third-order valence-electron chi connectivity index (χ3n) is 2.65. The number of hydrogen-bond donors (Lipinski definition) is 1. The third kappa shape index (κ3) is 3.10. The molecule has 0 fully saturated rings. The number of carboxylic acid groups (broad SMARTS) is 1. The van der Waals surface area contributed by atoms with E-state index in [1.165, 1.54) is 6.20 Å². The molecule has 0 radical (unpaired) electrons. The van der Waals surface area contributed by atoms with Crippen molar-refractivity contribution in [1.82, 2.24) is 4.98 Å². The van der Waals surface area contributed by atoms with Gasteiger partial charge in [0.15, 0.2) is 5.69 Å². The summed E-state index contributed by atoms with van der Waals surface area (Å²) >= 11 is 0. The fraction of sp³-hybridized carbons (Fsp3) is 0.200. The first-order chi connectivity index (χ1) is 9.22. The van der Waals surface area contributed by atoms with Crippen LogP contribution < -0.4 is 4.74 Å². The number of hydrogen-bond acceptors (Lipinski definition) is 3. The van der Waals surface area contributed by atoms with E-state index in [2.05, 4.69) is 4.98 Å². The molecule has 1 heterocycles. The minimum Gasteiger partial charge on any atom is -0.494 e. The Morgan fingerprint density at radius 2 is 2.00 bits per heavy atom. The highest BCUT2D eigenvalue weighted by Crippen LogP contribution is 2.24. The van der Waals surface area contributed by atoms with Crippen LogP contribution in [0.2, 0.25) is 0 Å². The van der Waals surface area contributed by atoms with E-state index < -0.39 is 5.97 Å². The Morgan fingerprint density at radius 1 is 1.26 bits per heavy atom. The topological polar surface area (TPSA) is 59.4 Å². The molecule has 0 aliphatic heterocycles. The molecular weight excluding hydrogens is 242 g/mol. The Bertz CT molecular complexity index is 564. The zero-order valence-electron chi connectivity index (χ0n) is 10.7. The SMILES string of the molecule is CCCOc1ccc(-c2cccnc2C(=O)O)cc1. The molecule has 1 N–H and O–H groups in total. The van der Waals surface area contributed by atoms with Gasteiger partial charge in [0.05, 0.1) is 6.61 Å². The number of carbonyl (C=O) groups is 1. The molecule has 19 heavy (non-hydrogen) atoms. The highest BCUT2D eigenvalue weighted by molar-refractivity contribution is 5.93. The van der Waals surface area contributed by atoms with E-state index >= 15 is 0 Å². The molecule has 0 saturated heterocycles. The molecule has 0 atom stereocenters. The molecule has 4 heteroatoms. The van der Waals surface area contributed by atoms with Crippen LogP contribution >= 0.6 is 0 Å². The first kappa shape index (κ1) is 13.1. The maximum Gasteiger partial charge on any atom is 0.355 e. The van der Waals surface area contributed by atoms with E-state index in [9.17, 15) is 4.79 Å². The summed E-state index contributed by atoms with van der Waals surface area (Å²) in [6, 6.07) is 10.8. The predicted octanol–water partition coefficient (Wildman–Crippen LogP) is 3.24. The summed E-state index contributed by atoms with van der Waals surface area (Å²) in [6.45, 7) is 2.72. The van der Waals surface area contributed by atoms with E-state index in [-0.39, 0.29) is 5.69 Å². The molecule has 0 bridgehead atoms. The van der Waals surface area contributed by atoms with Gasteiger partial charge in [-0.3, -0.25) is 0 Å². The number of aromatic carboxylic acids is 1. The minimum absolute atomic E-state index is 0.0599. The number of carboxylic acids is 1. The van der Waals surface area contributed by atoms with Crippen LogP contribution in [0.4, 0.5) is 0 Å². The first-order valence-electron chi connectivity index (χ1n) is 6.14. The molecule has 4 nitrogen and oxygen atoms in total. The number of rotatable bonds is 5. The van der Waals surface area contributed by atoms with Crippen molar-refractivity contribution >= 4 is 5.97 Å². The van der Waals surface area contributed by atoms with Crippen molar-refractivity contribution in [3.05, 3.63) is 48.3 Å². The molecule has 0 aliphatic rings.